The maximum absolute atomic E-state index is 16.4. The van der Waals surface area contributed by atoms with Crippen LogP contribution in [0.1, 0.15) is 12.8 Å². The highest BCUT2D eigenvalue weighted by Gasteiger charge is 2.27. The number of carbonyl (C=O) groups excluding carboxylic acids is 1. The number of nitrogens with zero attached hydrogens (tertiary/aromatic N) is 6. The van der Waals surface area contributed by atoms with Crippen molar-refractivity contribution in [3.05, 3.63) is 65.8 Å². The first-order chi connectivity index (χ1) is 19.9. The number of pyridine rings is 1. The number of carbonyl (C=O) groups is 1. The Morgan fingerprint density at radius 1 is 1.15 bits per heavy atom. The summed E-state index contributed by atoms with van der Waals surface area (Å²) in [5, 5.41) is 1.35. The number of hydrogen-bond acceptors (Lipinski definition) is 7. The molecule has 2 saturated heterocycles. The molecule has 2 aromatic heterocycles. The zero-order chi connectivity index (χ0) is 28.7. The summed E-state index contributed by atoms with van der Waals surface area (Å²) in [7, 11) is 2.05. The van der Waals surface area contributed by atoms with E-state index in [0.29, 0.717) is 60.3 Å². The van der Waals surface area contributed by atoms with E-state index in [-0.39, 0.29) is 34.2 Å². The van der Waals surface area contributed by atoms with Crippen LogP contribution in [0.5, 0.6) is 6.01 Å². The van der Waals surface area contributed by atoms with Crippen LogP contribution in [-0.4, -0.2) is 83.1 Å². The van der Waals surface area contributed by atoms with Crippen LogP contribution in [0, 0.1) is 11.6 Å². The van der Waals surface area contributed by atoms with Gasteiger partial charge in [0.25, 0.3) is 0 Å². The van der Waals surface area contributed by atoms with Gasteiger partial charge in [-0.1, -0.05) is 42.4 Å². The van der Waals surface area contributed by atoms with E-state index >= 15 is 4.39 Å². The standard InChI is InChI=1S/C30H29ClF2N6O2/c1-3-23(40)38-12-14-39(15-13-38)29-21-16-34-27(20-8-4-6-18-9-10-22(32)25(31)24(18)20)26(33)28(21)35-30(36-29)41-17-19-7-5-11-37(19)2/h3-4,6,8-10,16,19H,1,5,7,11-15,17H2,2H3. The molecule has 0 spiro atoms. The molecule has 6 rings (SSSR count). The summed E-state index contributed by atoms with van der Waals surface area (Å²) in [4.78, 5) is 31.7. The summed E-state index contributed by atoms with van der Waals surface area (Å²) in [5.74, 6) is -0.929. The van der Waals surface area contributed by atoms with Crippen LogP contribution in [-0.2, 0) is 4.79 Å². The number of likely N-dealkylation sites (tertiary alicyclic amines) is 1. The SMILES string of the molecule is C=CC(=O)N1CCN(c2nc(OCC3CCCN3C)nc3c(F)c(-c4cccc5ccc(F)c(Cl)c45)ncc23)CC1. The molecule has 11 heteroatoms. The Morgan fingerprint density at radius 3 is 2.68 bits per heavy atom. The van der Waals surface area contributed by atoms with E-state index in [1.165, 1.54) is 18.3 Å². The zero-order valence-electron chi connectivity index (χ0n) is 22.6. The predicted molar refractivity (Wildman–Crippen MR) is 155 cm³/mol. The number of halogens is 3. The van der Waals surface area contributed by atoms with Gasteiger partial charge in [-0.15, -0.1) is 0 Å². The number of fused-ring (bicyclic) bond motifs is 2. The second-order valence-electron chi connectivity index (χ2n) is 10.4. The Morgan fingerprint density at radius 2 is 1.95 bits per heavy atom. The topological polar surface area (TPSA) is 74.7 Å². The van der Waals surface area contributed by atoms with Gasteiger partial charge in [-0.2, -0.15) is 9.97 Å². The number of rotatable bonds is 6. The minimum Gasteiger partial charge on any atom is -0.462 e. The first-order valence-corrected chi connectivity index (χ1v) is 14.0. The molecule has 2 fully saturated rings. The molecule has 2 aromatic carbocycles. The number of ether oxygens (including phenoxy) is 1. The van der Waals surface area contributed by atoms with Crippen molar-refractivity contribution in [1.82, 2.24) is 24.8 Å². The molecule has 212 valence electrons. The highest BCUT2D eigenvalue weighted by molar-refractivity contribution is 6.36. The molecule has 1 unspecified atom stereocenters. The van der Waals surface area contributed by atoms with Crippen LogP contribution in [0.2, 0.25) is 5.02 Å². The van der Waals surface area contributed by atoms with E-state index in [4.69, 9.17) is 21.3 Å². The monoisotopic (exact) mass is 578 g/mol. The smallest absolute Gasteiger partial charge is 0.319 e. The van der Waals surface area contributed by atoms with E-state index in [2.05, 4.69) is 21.4 Å². The Balaban J connectivity index is 1.45. The van der Waals surface area contributed by atoms with Gasteiger partial charge in [0, 0.05) is 49.4 Å². The van der Waals surface area contributed by atoms with Crippen molar-refractivity contribution in [2.45, 2.75) is 18.9 Å². The quantitative estimate of drug-likeness (QED) is 0.295. The van der Waals surface area contributed by atoms with E-state index in [9.17, 15) is 9.18 Å². The van der Waals surface area contributed by atoms with Gasteiger partial charge in [-0.05, 0) is 44.0 Å². The highest BCUT2D eigenvalue weighted by atomic mass is 35.5. The van der Waals surface area contributed by atoms with Crippen molar-refractivity contribution in [2.75, 3.05) is 51.3 Å². The molecule has 4 aromatic rings. The molecular formula is C30H29ClF2N6O2. The largest absolute Gasteiger partial charge is 0.462 e. The lowest BCUT2D eigenvalue weighted by Gasteiger charge is -2.35. The van der Waals surface area contributed by atoms with Crippen molar-refractivity contribution in [2.24, 2.45) is 0 Å². The third-order valence-corrected chi connectivity index (χ3v) is 8.35. The molecule has 2 aliphatic heterocycles. The van der Waals surface area contributed by atoms with Gasteiger partial charge >= 0.3 is 6.01 Å². The second-order valence-corrected chi connectivity index (χ2v) is 10.8. The highest BCUT2D eigenvalue weighted by Crippen LogP contribution is 2.38. The number of hydrogen-bond donors (Lipinski definition) is 0. The molecule has 1 atom stereocenters. The van der Waals surface area contributed by atoms with Gasteiger partial charge in [-0.25, -0.2) is 8.78 Å². The van der Waals surface area contributed by atoms with Crippen LogP contribution >= 0.6 is 11.6 Å². The predicted octanol–water partition coefficient (Wildman–Crippen LogP) is 5.08. The summed E-state index contributed by atoms with van der Waals surface area (Å²) < 4.78 is 36.9. The van der Waals surface area contributed by atoms with Gasteiger partial charge < -0.3 is 19.4 Å². The number of likely N-dealkylation sites (N-methyl/N-ethyl adjacent to an activating group) is 1. The first-order valence-electron chi connectivity index (χ1n) is 13.6. The molecule has 0 radical (unpaired) electrons. The summed E-state index contributed by atoms with van der Waals surface area (Å²) in [6.07, 6.45) is 4.91. The van der Waals surface area contributed by atoms with E-state index in [1.807, 2.05) is 11.9 Å². The van der Waals surface area contributed by atoms with Crippen molar-refractivity contribution in [1.29, 1.82) is 0 Å². The van der Waals surface area contributed by atoms with Crippen molar-refractivity contribution in [3.8, 4) is 17.3 Å². The van der Waals surface area contributed by atoms with E-state index in [0.717, 1.165) is 19.4 Å². The maximum atomic E-state index is 16.4. The Labute approximate surface area is 241 Å². The molecule has 2 aliphatic rings. The zero-order valence-corrected chi connectivity index (χ0v) is 23.4. The first kappa shape index (κ1) is 27.3. The summed E-state index contributed by atoms with van der Waals surface area (Å²) in [6, 6.07) is 8.36. The second kappa shape index (κ2) is 11.2. The normalized spacial score (nSPS) is 17.9. The molecule has 0 aliphatic carbocycles. The maximum Gasteiger partial charge on any atom is 0.319 e. The molecule has 0 N–H and O–H groups in total. The minimum atomic E-state index is -0.678. The van der Waals surface area contributed by atoms with Crippen LogP contribution in [0.3, 0.4) is 0 Å². The molecule has 8 nitrogen and oxygen atoms in total. The van der Waals surface area contributed by atoms with Gasteiger partial charge in [0.2, 0.25) is 5.91 Å². The molecule has 0 saturated carbocycles. The molecular weight excluding hydrogens is 550 g/mol. The lowest BCUT2D eigenvalue weighted by Crippen LogP contribution is -2.48. The van der Waals surface area contributed by atoms with Crippen LogP contribution in [0.25, 0.3) is 32.9 Å². The minimum absolute atomic E-state index is 0.00289. The summed E-state index contributed by atoms with van der Waals surface area (Å²) in [5.41, 5.74) is 0.408. The van der Waals surface area contributed by atoms with E-state index < -0.39 is 11.6 Å². The van der Waals surface area contributed by atoms with Crippen LogP contribution in [0.4, 0.5) is 14.6 Å². The Bertz CT molecular complexity index is 1660. The third kappa shape index (κ3) is 5.06. The number of anilines is 1. The average molecular weight is 579 g/mol. The average Bonchev–Trinajstić information content (AvgIpc) is 3.41. The number of benzene rings is 2. The molecule has 41 heavy (non-hydrogen) atoms. The van der Waals surface area contributed by atoms with Gasteiger partial charge in [0.05, 0.1) is 10.4 Å². The van der Waals surface area contributed by atoms with Gasteiger partial charge in [-0.3, -0.25) is 9.78 Å². The number of piperazine rings is 1. The van der Waals surface area contributed by atoms with Crippen molar-refractivity contribution in [3.63, 3.8) is 0 Å². The van der Waals surface area contributed by atoms with Crippen molar-refractivity contribution < 1.29 is 18.3 Å². The molecule has 4 heterocycles. The van der Waals surface area contributed by atoms with Gasteiger partial charge in [0.15, 0.2) is 5.82 Å². The fourth-order valence-corrected chi connectivity index (χ4v) is 5.92. The Hall–Kier alpha value is -3.89. The Kier molecular flexibility index (Phi) is 7.44. The summed E-state index contributed by atoms with van der Waals surface area (Å²) in [6.45, 7) is 6.84. The van der Waals surface area contributed by atoms with Crippen LogP contribution in [0.15, 0.2) is 49.2 Å². The van der Waals surface area contributed by atoms with Crippen LogP contribution < -0.4 is 9.64 Å². The van der Waals surface area contributed by atoms with Gasteiger partial charge in [0.1, 0.15) is 29.5 Å². The number of amides is 1. The van der Waals surface area contributed by atoms with E-state index in [1.54, 1.807) is 29.2 Å². The third-order valence-electron chi connectivity index (χ3n) is 7.98. The molecule has 1 amide bonds. The fourth-order valence-electron chi connectivity index (χ4n) is 5.65. The summed E-state index contributed by atoms with van der Waals surface area (Å²) >= 11 is 6.35. The van der Waals surface area contributed by atoms with Crippen molar-refractivity contribution >= 4 is 45.0 Å². The lowest BCUT2D eigenvalue weighted by molar-refractivity contribution is -0.126. The molecule has 0 bridgehead atoms. The number of aromatic nitrogens is 3. The fraction of sp³-hybridized carbons (Fsp3) is 0.333. The lowest BCUT2D eigenvalue weighted by atomic mass is 10.0.